The van der Waals surface area contributed by atoms with E-state index in [1.54, 1.807) is 4.90 Å². The Morgan fingerprint density at radius 3 is 2.94 bits per heavy atom. The maximum atomic E-state index is 12.0. The molecule has 0 saturated carbocycles. The number of aromatic amines is 1. The lowest BCUT2D eigenvalue weighted by Crippen LogP contribution is -2.51. The molecule has 2 heterocycles. The van der Waals surface area contributed by atoms with Crippen molar-refractivity contribution in [3.05, 3.63) is 27.9 Å². The van der Waals surface area contributed by atoms with Crippen molar-refractivity contribution in [2.45, 2.75) is 13.0 Å². The third kappa shape index (κ3) is 2.44. The van der Waals surface area contributed by atoms with Gasteiger partial charge in [-0.05, 0) is 17.9 Å². The number of carbonyl (C=O) groups is 1. The average molecular weight is 238 g/mol. The summed E-state index contributed by atoms with van der Waals surface area (Å²) in [6, 6.07) is 3.00. The van der Waals surface area contributed by atoms with Gasteiger partial charge >= 0.3 is 5.82 Å². The van der Waals surface area contributed by atoms with Gasteiger partial charge in [-0.25, -0.2) is 4.98 Å². The minimum Gasteiger partial charge on any atom is -0.358 e. The SMILES string of the molecule is C[C@H]1CN(C(=O)c2ccc([N+](=O)[O-])[nH]2)CCN1. The molecular weight excluding hydrogens is 224 g/mol. The van der Waals surface area contributed by atoms with Gasteiger partial charge in [0, 0.05) is 31.7 Å². The maximum absolute atomic E-state index is 12.0. The molecule has 1 fully saturated rings. The van der Waals surface area contributed by atoms with E-state index in [1.165, 1.54) is 12.1 Å². The fourth-order valence-electron chi connectivity index (χ4n) is 1.90. The Kier molecular flexibility index (Phi) is 3.10. The van der Waals surface area contributed by atoms with E-state index in [2.05, 4.69) is 10.3 Å². The third-order valence-corrected chi connectivity index (χ3v) is 2.75. The summed E-state index contributed by atoms with van der Waals surface area (Å²) in [7, 11) is 0. The molecule has 0 bridgehead atoms. The van der Waals surface area contributed by atoms with E-state index in [-0.39, 0.29) is 23.5 Å². The number of aromatic nitrogens is 1. The first-order valence-electron chi connectivity index (χ1n) is 5.44. The Labute approximate surface area is 97.9 Å². The van der Waals surface area contributed by atoms with E-state index in [0.717, 1.165) is 6.54 Å². The zero-order valence-electron chi connectivity index (χ0n) is 9.47. The molecule has 0 spiro atoms. The summed E-state index contributed by atoms with van der Waals surface area (Å²) in [5.74, 6) is -0.344. The highest BCUT2D eigenvalue weighted by Crippen LogP contribution is 2.13. The van der Waals surface area contributed by atoms with Crippen molar-refractivity contribution >= 4 is 11.7 Å². The van der Waals surface area contributed by atoms with Crippen molar-refractivity contribution in [1.82, 2.24) is 15.2 Å². The zero-order chi connectivity index (χ0) is 12.4. The van der Waals surface area contributed by atoms with Gasteiger partial charge < -0.3 is 20.3 Å². The normalized spacial score (nSPS) is 20.3. The highest BCUT2D eigenvalue weighted by Gasteiger charge is 2.25. The van der Waals surface area contributed by atoms with Crippen LogP contribution in [-0.4, -0.2) is 46.4 Å². The van der Waals surface area contributed by atoms with Gasteiger partial charge in [-0.2, -0.15) is 0 Å². The first-order chi connectivity index (χ1) is 8.08. The fourth-order valence-corrected chi connectivity index (χ4v) is 1.90. The van der Waals surface area contributed by atoms with E-state index >= 15 is 0 Å². The first kappa shape index (κ1) is 11.6. The number of rotatable bonds is 2. The van der Waals surface area contributed by atoms with Crippen molar-refractivity contribution in [3.63, 3.8) is 0 Å². The molecule has 1 aliphatic rings. The summed E-state index contributed by atoms with van der Waals surface area (Å²) in [5, 5.41) is 13.7. The molecule has 0 aliphatic carbocycles. The molecule has 1 aromatic heterocycles. The van der Waals surface area contributed by atoms with Crippen molar-refractivity contribution in [2.75, 3.05) is 19.6 Å². The van der Waals surface area contributed by atoms with E-state index in [9.17, 15) is 14.9 Å². The fraction of sp³-hybridized carbons (Fsp3) is 0.500. The van der Waals surface area contributed by atoms with Gasteiger partial charge in [0.15, 0.2) is 5.69 Å². The molecule has 7 nitrogen and oxygen atoms in total. The number of amides is 1. The van der Waals surface area contributed by atoms with Gasteiger partial charge in [-0.3, -0.25) is 4.79 Å². The molecule has 17 heavy (non-hydrogen) atoms. The Hall–Kier alpha value is -1.89. The Morgan fingerprint density at radius 2 is 2.35 bits per heavy atom. The molecule has 0 aromatic carbocycles. The molecule has 2 rings (SSSR count). The maximum Gasteiger partial charge on any atom is 0.321 e. The van der Waals surface area contributed by atoms with Crippen molar-refractivity contribution < 1.29 is 9.72 Å². The van der Waals surface area contributed by atoms with Crippen LogP contribution in [0.2, 0.25) is 0 Å². The number of piperazine rings is 1. The molecule has 0 radical (unpaired) electrons. The number of hydrogen-bond acceptors (Lipinski definition) is 4. The Bertz CT molecular complexity index is 443. The second-order valence-electron chi connectivity index (χ2n) is 4.12. The van der Waals surface area contributed by atoms with E-state index < -0.39 is 4.92 Å². The van der Waals surface area contributed by atoms with Crippen LogP contribution in [0.5, 0.6) is 0 Å². The van der Waals surface area contributed by atoms with Gasteiger partial charge in [-0.1, -0.05) is 0 Å². The quantitative estimate of drug-likeness (QED) is 0.574. The lowest BCUT2D eigenvalue weighted by Gasteiger charge is -2.31. The number of H-pyrrole nitrogens is 1. The van der Waals surface area contributed by atoms with Gasteiger partial charge in [-0.15, -0.1) is 0 Å². The Balaban J connectivity index is 2.10. The van der Waals surface area contributed by atoms with Crippen LogP contribution in [-0.2, 0) is 0 Å². The van der Waals surface area contributed by atoms with Gasteiger partial charge in [0.25, 0.3) is 5.91 Å². The van der Waals surface area contributed by atoms with Crippen LogP contribution >= 0.6 is 0 Å². The number of nitro groups is 1. The topological polar surface area (TPSA) is 91.3 Å². The highest BCUT2D eigenvalue weighted by atomic mass is 16.6. The third-order valence-electron chi connectivity index (χ3n) is 2.75. The first-order valence-corrected chi connectivity index (χ1v) is 5.44. The summed E-state index contributed by atoms with van der Waals surface area (Å²) in [6.45, 7) is 3.98. The predicted molar refractivity (Wildman–Crippen MR) is 60.8 cm³/mol. The lowest BCUT2D eigenvalue weighted by atomic mass is 10.2. The number of carbonyl (C=O) groups excluding carboxylic acids is 1. The smallest absolute Gasteiger partial charge is 0.321 e. The van der Waals surface area contributed by atoms with Crippen LogP contribution in [0, 0.1) is 10.1 Å². The molecule has 1 saturated heterocycles. The van der Waals surface area contributed by atoms with Crippen LogP contribution in [0.4, 0.5) is 5.82 Å². The molecule has 1 aromatic rings. The lowest BCUT2D eigenvalue weighted by molar-refractivity contribution is -0.389. The Morgan fingerprint density at radius 1 is 1.59 bits per heavy atom. The second kappa shape index (κ2) is 4.54. The van der Waals surface area contributed by atoms with Crippen LogP contribution in [0.3, 0.4) is 0 Å². The summed E-state index contributed by atoms with van der Waals surface area (Å²) in [4.78, 5) is 26.2. The average Bonchev–Trinajstić information content (AvgIpc) is 2.77. The van der Waals surface area contributed by atoms with Gasteiger partial charge in [0.05, 0.1) is 0 Å². The number of nitrogens with zero attached hydrogens (tertiary/aromatic N) is 2. The monoisotopic (exact) mass is 238 g/mol. The van der Waals surface area contributed by atoms with Crippen LogP contribution < -0.4 is 5.32 Å². The van der Waals surface area contributed by atoms with Crippen molar-refractivity contribution in [3.8, 4) is 0 Å². The second-order valence-corrected chi connectivity index (χ2v) is 4.12. The number of nitrogens with one attached hydrogen (secondary N) is 2. The van der Waals surface area contributed by atoms with Crippen LogP contribution in [0.15, 0.2) is 12.1 Å². The molecule has 0 unspecified atom stereocenters. The van der Waals surface area contributed by atoms with E-state index in [0.29, 0.717) is 13.1 Å². The minimum absolute atomic E-state index is 0.156. The summed E-state index contributed by atoms with van der Waals surface area (Å²) < 4.78 is 0. The van der Waals surface area contributed by atoms with Gasteiger partial charge in [0.1, 0.15) is 0 Å². The van der Waals surface area contributed by atoms with Crippen molar-refractivity contribution in [1.29, 1.82) is 0 Å². The van der Waals surface area contributed by atoms with Gasteiger partial charge in [0.2, 0.25) is 0 Å². The van der Waals surface area contributed by atoms with Crippen molar-refractivity contribution in [2.24, 2.45) is 0 Å². The minimum atomic E-state index is -0.544. The number of hydrogen-bond donors (Lipinski definition) is 2. The van der Waals surface area contributed by atoms with Crippen LogP contribution in [0.1, 0.15) is 17.4 Å². The van der Waals surface area contributed by atoms with E-state index in [1.807, 2.05) is 6.92 Å². The summed E-state index contributed by atoms with van der Waals surface area (Å²) in [5.41, 5.74) is 0.269. The zero-order valence-corrected chi connectivity index (χ0v) is 9.47. The summed E-state index contributed by atoms with van der Waals surface area (Å²) in [6.07, 6.45) is 0. The molecule has 7 heteroatoms. The summed E-state index contributed by atoms with van der Waals surface area (Å²) >= 11 is 0. The largest absolute Gasteiger partial charge is 0.358 e. The molecule has 2 N–H and O–H groups in total. The standard InChI is InChI=1S/C10H14N4O3/c1-7-6-13(5-4-11-7)10(15)8-2-3-9(12-8)14(16)17/h2-3,7,11-12H,4-6H2,1H3/t7-/m0/s1. The highest BCUT2D eigenvalue weighted by molar-refractivity contribution is 5.93. The molecule has 1 aliphatic heterocycles. The molecule has 92 valence electrons. The molecule has 1 atom stereocenters. The predicted octanol–water partition coefficient (Wildman–Crippen LogP) is 0.357. The molecule has 1 amide bonds. The molecular formula is C10H14N4O3. The van der Waals surface area contributed by atoms with E-state index in [4.69, 9.17) is 0 Å². The van der Waals surface area contributed by atoms with Crippen LogP contribution in [0.25, 0.3) is 0 Å².